The van der Waals surface area contributed by atoms with Crippen molar-refractivity contribution < 1.29 is 9.53 Å². The fourth-order valence-electron chi connectivity index (χ4n) is 2.16. The average molecular weight is 295 g/mol. The van der Waals surface area contributed by atoms with Gasteiger partial charge in [0.1, 0.15) is 0 Å². The third kappa shape index (κ3) is 5.09. The van der Waals surface area contributed by atoms with Crippen LogP contribution in [0.1, 0.15) is 23.6 Å². The summed E-state index contributed by atoms with van der Waals surface area (Å²) in [5.41, 5.74) is 3.53. The van der Waals surface area contributed by atoms with E-state index in [9.17, 15) is 4.79 Å². The van der Waals surface area contributed by atoms with Gasteiger partial charge in [-0.25, -0.2) is 4.79 Å². The number of amides is 1. The lowest BCUT2D eigenvalue weighted by Crippen LogP contribution is -2.26. The molecule has 2 aromatic carbocycles. The molecule has 0 unspecified atom stereocenters. The Morgan fingerprint density at radius 3 is 2.55 bits per heavy atom. The quantitative estimate of drug-likeness (QED) is 0.813. The van der Waals surface area contributed by atoms with E-state index in [0.29, 0.717) is 13.2 Å². The van der Waals surface area contributed by atoms with Crippen LogP contribution in [0.25, 0.3) is 12.2 Å². The van der Waals surface area contributed by atoms with Crippen LogP contribution < -0.4 is 5.32 Å². The van der Waals surface area contributed by atoms with Gasteiger partial charge in [0, 0.05) is 6.54 Å². The van der Waals surface area contributed by atoms with Crippen molar-refractivity contribution in [2.24, 2.45) is 0 Å². The van der Waals surface area contributed by atoms with Crippen LogP contribution in [0.15, 0.2) is 54.6 Å². The fraction of sp³-hybridized carbons (Fsp3) is 0.211. The van der Waals surface area contributed by atoms with Gasteiger partial charge in [-0.2, -0.15) is 0 Å². The van der Waals surface area contributed by atoms with Gasteiger partial charge in [0.05, 0.1) is 6.61 Å². The van der Waals surface area contributed by atoms with Crippen molar-refractivity contribution in [3.8, 4) is 0 Å². The molecule has 0 heterocycles. The van der Waals surface area contributed by atoms with E-state index in [0.717, 1.165) is 12.0 Å². The first-order valence-corrected chi connectivity index (χ1v) is 7.51. The highest BCUT2D eigenvalue weighted by molar-refractivity contribution is 5.71. The summed E-state index contributed by atoms with van der Waals surface area (Å²) < 4.78 is 4.85. The number of nitrogens with one attached hydrogen (secondary N) is 1. The van der Waals surface area contributed by atoms with Gasteiger partial charge in [-0.05, 0) is 30.0 Å². The van der Waals surface area contributed by atoms with Gasteiger partial charge in [-0.15, -0.1) is 0 Å². The molecule has 0 radical (unpaired) electrons. The summed E-state index contributed by atoms with van der Waals surface area (Å²) in [7, 11) is 0. The molecule has 0 fully saturated rings. The van der Waals surface area contributed by atoms with Crippen molar-refractivity contribution in [1.82, 2.24) is 5.32 Å². The Balaban J connectivity index is 1.98. The molecular formula is C19H21NO2. The van der Waals surface area contributed by atoms with E-state index in [1.807, 2.05) is 30.3 Å². The summed E-state index contributed by atoms with van der Waals surface area (Å²) in [5.74, 6) is 0. The van der Waals surface area contributed by atoms with Crippen LogP contribution in [0, 0.1) is 0 Å². The Morgan fingerprint density at radius 1 is 1.05 bits per heavy atom. The molecule has 0 saturated heterocycles. The molecule has 1 amide bonds. The van der Waals surface area contributed by atoms with Crippen molar-refractivity contribution in [3.05, 3.63) is 71.3 Å². The minimum atomic E-state index is -0.361. The van der Waals surface area contributed by atoms with Crippen LogP contribution in [0.5, 0.6) is 0 Å². The number of rotatable bonds is 6. The molecule has 1 N–H and O–H groups in total. The largest absolute Gasteiger partial charge is 0.450 e. The second-order valence-corrected chi connectivity index (χ2v) is 4.84. The summed E-state index contributed by atoms with van der Waals surface area (Å²) in [5, 5.41) is 2.75. The summed E-state index contributed by atoms with van der Waals surface area (Å²) in [6.45, 7) is 2.75. The van der Waals surface area contributed by atoms with Crippen LogP contribution in [0.3, 0.4) is 0 Å². The van der Waals surface area contributed by atoms with Gasteiger partial charge in [0.15, 0.2) is 0 Å². The maximum Gasteiger partial charge on any atom is 0.407 e. The van der Waals surface area contributed by atoms with Crippen molar-refractivity contribution in [2.45, 2.75) is 13.3 Å². The number of benzene rings is 2. The molecule has 0 aliphatic heterocycles. The zero-order valence-corrected chi connectivity index (χ0v) is 12.8. The number of hydrogen-bond acceptors (Lipinski definition) is 2. The summed E-state index contributed by atoms with van der Waals surface area (Å²) in [4.78, 5) is 11.3. The molecule has 2 aromatic rings. The van der Waals surface area contributed by atoms with Crippen LogP contribution in [0.4, 0.5) is 4.79 Å². The molecule has 0 aliphatic rings. The lowest BCUT2D eigenvalue weighted by atomic mass is 10.0. The standard InChI is InChI=1S/C19H21NO2/c1-2-22-19(21)20-15-14-18-11-7-6-10-17(18)13-12-16-8-4-3-5-9-16/h3-13H,2,14-15H2,1H3,(H,20,21)/b13-12+. The zero-order valence-electron chi connectivity index (χ0n) is 12.8. The monoisotopic (exact) mass is 295 g/mol. The minimum absolute atomic E-state index is 0.361. The predicted octanol–water partition coefficient (Wildman–Crippen LogP) is 4.15. The maximum absolute atomic E-state index is 11.3. The molecule has 114 valence electrons. The highest BCUT2D eigenvalue weighted by atomic mass is 16.5. The lowest BCUT2D eigenvalue weighted by Gasteiger charge is -2.08. The number of ether oxygens (including phenoxy) is 1. The van der Waals surface area contributed by atoms with Crippen LogP contribution in [-0.2, 0) is 11.2 Å². The summed E-state index contributed by atoms with van der Waals surface area (Å²) in [6, 6.07) is 18.4. The Kier molecular flexibility index (Phi) is 6.24. The third-order valence-corrected chi connectivity index (χ3v) is 3.25. The fourth-order valence-corrected chi connectivity index (χ4v) is 2.16. The average Bonchev–Trinajstić information content (AvgIpc) is 2.55. The first kappa shape index (κ1) is 15.8. The highest BCUT2D eigenvalue weighted by Crippen LogP contribution is 2.13. The smallest absolute Gasteiger partial charge is 0.407 e. The van der Waals surface area contributed by atoms with Gasteiger partial charge in [-0.1, -0.05) is 66.7 Å². The van der Waals surface area contributed by atoms with Crippen molar-refractivity contribution >= 4 is 18.2 Å². The molecule has 22 heavy (non-hydrogen) atoms. The molecule has 2 rings (SSSR count). The second-order valence-electron chi connectivity index (χ2n) is 4.84. The number of alkyl carbamates (subject to hydrolysis) is 1. The molecular weight excluding hydrogens is 274 g/mol. The van der Waals surface area contributed by atoms with E-state index in [1.165, 1.54) is 11.1 Å². The topological polar surface area (TPSA) is 38.3 Å². The van der Waals surface area contributed by atoms with Gasteiger partial charge in [0.2, 0.25) is 0 Å². The molecule has 0 aromatic heterocycles. The van der Waals surface area contributed by atoms with Gasteiger partial charge < -0.3 is 10.1 Å². The molecule has 0 bridgehead atoms. The van der Waals surface area contributed by atoms with Gasteiger partial charge in [-0.3, -0.25) is 0 Å². The van der Waals surface area contributed by atoms with E-state index in [4.69, 9.17) is 4.74 Å². The van der Waals surface area contributed by atoms with Crippen molar-refractivity contribution in [3.63, 3.8) is 0 Å². The van der Waals surface area contributed by atoms with Crippen molar-refractivity contribution in [1.29, 1.82) is 0 Å². The van der Waals surface area contributed by atoms with Crippen LogP contribution >= 0.6 is 0 Å². The molecule has 0 aliphatic carbocycles. The third-order valence-electron chi connectivity index (χ3n) is 3.25. The Morgan fingerprint density at radius 2 is 1.77 bits per heavy atom. The van der Waals surface area contributed by atoms with Crippen molar-refractivity contribution in [2.75, 3.05) is 13.2 Å². The van der Waals surface area contributed by atoms with E-state index in [1.54, 1.807) is 6.92 Å². The minimum Gasteiger partial charge on any atom is -0.450 e. The number of carbonyl (C=O) groups excluding carboxylic acids is 1. The molecule has 3 heteroatoms. The molecule has 0 spiro atoms. The predicted molar refractivity (Wildman–Crippen MR) is 90.5 cm³/mol. The van der Waals surface area contributed by atoms with Crippen LogP contribution in [-0.4, -0.2) is 19.2 Å². The van der Waals surface area contributed by atoms with Gasteiger partial charge in [0.25, 0.3) is 0 Å². The highest BCUT2D eigenvalue weighted by Gasteiger charge is 2.02. The van der Waals surface area contributed by atoms with Crippen LogP contribution in [0.2, 0.25) is 0 Å². The molecule has 3 nitrogen and oxygen atoms in total. The SMILES string of the molecule is CCOC(=O)NCCc1ccccc1/C=C/c1ccccc1. The molecule has 0 atom stereocenters. The van der Waals surface area contributed by atoms with E-state index < -0.39 is 0 Å². The summed E-state index contributed by atoms with van der Waals surface area (Å²) in [6.07, 6.45) is 4.61. The number of carbonyl (C=O) groups is 1. The molecule has 0 saturated carbocycles. The maximum atomic E-state index is 11.3. The second kappa shape index (κ2) is 8.67. The lowest BCUT2D eigenvalue weighted by molar-refractivity contribution is 0.152. The van der Waals surface area contributed by atoms with E-state index >= 15 is 0 Å². The first-order chi connectivity index (χ1) is 10.8. The van der Waals surface area contributed by atoms with E-state index in [-0.39, 0.29) is 6.09 Å². The Hall–Kier alpha value is -2.55. The van der Waals surface area contributed by atoms with Gasteiger partial charge >= 0.3 is 6.09 Å². The summed E-state index contributed by atoms with van der Waals surface area (Å²) >= 11 is 0. The Labute approximate surface area is 131 Å². The zero-order chi connectivity index (χ0) is 15.6. The normalized spacial score (nSPS) is 10.6. The first-order valence-electron chi connectivity index (χ1n) is 7.51. The van der Waals surface area contributed by atoms with E-state index in [2.05, 4.69) is 41.7 Å². The Bertz CT molecular complexity index is 620. The number of hydrogen-bond donors (Lipinski definition) is 1.